The van der Waals surface area contributed by atoms with Gasteiger partial charge in [0, 0.05) is 11.2 Å². The second kappa shape index (κ2) is 7.72. The molecule has 2 N–H and O–H groups in total. The molecule has 0 aliphatic rings. The molecular formula is C19H12Cl2N4O3. The molecule has 0 atom stereocenters. The SMILES string of the molecule is Cc1cccn2c(=O)c(C=C(C#N)C(N)=O)c(Oc3ccc(Cl)cc3Cl)nc12. The Morgan fingerprint density at radius 3 is 2.75 bits per heavy atom. The standard InChI is InChI=1S/C19H12Cl2N4O3/c1-10-3-2-6-25-17(10)24-18(28-15-5-4-12(20)8-14(15)21)13(19(25)27)7-11(9-22)16(23)26/h2-8H,1H3,(H2,23,26). The van der Waals surface area contributed by atoms with Gasteiger partial charge in [-0.15, -0.1) is 0 Å². The molecule has 2 aromatic heterocycles. The number of pyridine rings is 1. The maximum atomic E-state index is 13.0. The minimum atomic E-state index is -0.980. The van der Waals surface area contributed by atoms with Crippen molar-refractivity contribution in [2.24, 2.45) is 5.73 Å². The molecule has 7 nitrogen and oxygen atoms in total. The second-order valence-electron chi connectivity index (χ2n) is 5.73. The van der Waals surface area contributed by atoms with Crippen molar-refractivity contribution in [3.05, 3.63) is 73.6 Å². The van der Waals surface area contributed by atoms with E-state index in [-0.39, 0.29) is 22.2 Å². The van der Waals surface area contributed by atoms with E-state index in [1.165, 1.54) is 22.7 Å². The van der Waals surface area contributed by atoms with E-state index in [1.807, 2.05) is 0 Å². The summed E-state index contributed by atoms with van der Waals surface area (Å²) in [6, 6.07) is 9.65. The Morgan fingerprint density at radius 2 is 2.11 bits per heavy atom. The van der Waals surface area contributed by atoms with Gasteiger partial charge in [-0.2, -0.15) is 10.2 Å². The van der Waals surface area contributed by atoms with Crippen LogP contribution < -0.4 is 16.0 Å². The highest BCUT2D eigenvalue weighted by Gasteiger charge is 2.18. The number of nitrogens with zero attached hydrogens (tertiary/aromatic N) is 3. The Morgan fingerprint density at radius 1 is 1.36 bits per heavy atom. The highest BCUT2D eigenvalue weighted by molar-refractivity contribution is 6.35. The molecule has 140 valence electrons. The number of nitriles is 1. The summed E-state index contributed by atoms with van der Waals surface area (Å²) in [5.41, 5.74) is 5.18. The number of benzene rings is 1. The smallest absolute Gasteiger partial charge is 0.269 e. The first-order valence-electron chi connectivity index (χ1n) is 7.88. The van der Waals surface area contributed by atoms with Gasteiger partial charge in [0.2, 0.25) is 5.88 Å². The van der Waals surface area contributed by atoms with Gasteiger partial charge >= 0.3 is 0 Å². The molecule has 0 unspecified atom stereocenters. The number of hydrogen-bond donors (Lipinski definition) is 1. The van der Waals surface area contributed by atoms with E-state index in [0.29, 0.717) is 10.7 Å². The molecule has 0 saturated carbocycles. The Hall–Kier alpha value is -3.34. The lowest BCUT2D eigenvalue weighted by Crippen LogP contribution is -2.20. The summed E-state index contributed by atoms with van der Waals surface area (Å²) in [5.74, 6) is -0.910. The summed E-state index contributed by atoms with van der Waals surface area (Å²) in [7, 11) is 0. The van der Waals surface area contributed by atoms with Gasteiger partial charge in [-0.1, -0.05) is 29.3 Å². The van der Waals surface area contributed by atoms with Crippen LogP contribution in [0.25, 0.3) is 11.7 Å². The lowest BCUT2D eigenvalue weighted by molar-refractivity contribution is -0.114. The topological polar surface area (TPSA) is 110 Å². The number of ether oxygens (including phenoxy) is 1. The summed E-state index contributed by atoms with van der Waals surface area (Å²) < 4.78 is 7.03. The molecule has 3 aromatic rings. The zero-order valence-electron chi connectivity index (χ0n) is 14.4. The fraction of sp³-hybridized carbons (Fsp3) is 0.0526. The van der Waals surface area contributed by atoms with Crippen LogP contribution in [0, 0.1) is 18.3 Å². The molecule has 0 fully saturated rings. The van der Waals surface area contributed by atoms with Gasteiger partial charge < -0.3 is 10.5 Å². The Bertz CT molecular complexity index is 1240. The van der Waals surface area contributed by atoms with Crippen LogP contribution in [0.5, 0.6) is 11.6 Å². The van der Waals surface area contributed by atoms with Crippen LogP contribution in [0.3, 0.4) is 0 Å². The van der Waals surface area contributed by atoms with Crippen LogP contribution in [0.4, 0.5) is 0 Å². The second-order valence-corrected chi connectivity index (χ2v) is 6.58. The lowest BCUT2D eigenvalue weighted by Gasteiger charge is -2.12. The van der Waals surface area contributed by atoms with Crippen molar-refractivity contribution in [2.45, 2.75) is 6.92 Å². The van der Waals surface area contributed by atoms with Crippen molar-refractivity contribution in [2.75, 3.05) is 0 Å². The monoisotopic (exact) mass is 414 g/mol. The summed E-state index contributed by atoms with van der Waals surface area (Å²) in [6.45, 7) is 1.78. The van der Waals surface area contributed by atoms with E-state index in [1.54, 1.807) is 31.2 Å². The van der Waals surface area contributed by atoms with E-state index in [0.717, 1.165) is 11.6 Å². The summed E-state index contributed by atoms with van der Waals surface area (Å²) >= 11 is 12.0. The fourth-order valence-electron chi connectivity index (χ4n) is 2.46. The minimum absolute atomic E-state index is 0.121. The first kappa shape index (κ1) is 19.4. The van der Waals surface area contributed by atoms with Gasteiger partial charge in [-0.3, -0.25) is 14.0 Å². The third kappa shape index (κ3) is 3.69. The summed E-state index contributed by atoms with van der Waals surface area (Å²) in [6.07, 6.45) is 2.57. The normalized spacial score (nSPS) is 11.3. The van der Waals surface area contributed by atoms with Crippen molar-refractivity contribution in [1.29, 1.82) is 5.26 Å². The predicted octanol–water partition coefficient (Wildman–Crippen LogP) is 3.49. The zero-order chi connectivity index (χ0) is 20.4. The molecule has 3 rings (SSSR count). The molecular weight excluding hydrogens is 403 g/mol. The molecule has 28 heavy (non-hydrogen) atoms. The Kier molecular flexibility index (Phi) is 5.36. The van der Waals surface area contributed by atoms with Crippen LogP contribution >= 0.6 is 23.2 Å². The van der Waals surface area contributed by atoms with E-state index < -0.39 is 17.0 Å². The molecule has 0 saturated heterocycles. The molecule has 1 aromatic carbocycles. The van der Waals surface area contributed by atoms with Gasteiger partial charge in [0.05, 0.1) is 5.02 Å². The van der Waals surface area contributed by atoms with Gasteiger partial charge in [-0.05, 0) is 42.8 Å². The van der Waals surface area contributed by atoms with Gasteiger partial charge in [0.25, 0.3) is 11.5 Å². The van der Waals surface area contributed by atoms with Crippen molar-refractivity contribution < 1.29 is 9.53 Å². The first-order chi connectivity index (χ1) is 13.3. The molecule has 0 bridgehead atoms. The number of nitrogens with two attached hydrogens (primary N) is 1. The third-order valence-corrected chi connectivity index (χ3v) is 4.35. The number of hydrogen-bond acceptors (Lipinski definition) is 5. The summed E-state index contributed by atoms with van der Waals surface area (Å²) in [5, 5.41) is 9.74. The van der Waals surface area contributed by atoms with Crippen molar-refractivity contribution >= 4 is 40.8 Å². The van der Waals surface area contributed by atoms with E-state index >= 15 is 0 Å². The lowest BCUT2D eigenvalue weighted by atomic mass is 10.1. The van der Waals surface area contributed by atoms with Gasteiger partial charge in [0.1, 0.15) is 28.6 Å². The number of primary amides is 1. The van der Waals surface area contributed by atoms with Crippen molar-refractivity contribution in [3.63, 3.8) is 0 Å². The highest BCUT2D eigenvalue weighted by atomic mass is 35.5. The largest absolute Gasteiger partial charge is 0.437 e. The quantitative estimate of drug-likeness (QED) is 0.518. The fourth-order valence-corrected chi connectivity index (χ4v) is 2.91. The van der Waals surface area contributed by atoms with Gasteiger partial charge in [-0.25, -0.2) is 0 Å². The molecule has 0 radical (unpaired) electrons. The molecule has 0 spiro atoms. The van der Waals surface area contributed by atoms with E-state index in [2.05, 4.69) is 4.98 Å². The number of amides is 1. The molecule has 1 amide bonds. The number of rotatable bonds is 4. The number of carbonyl (C=O) groups excluding carboxylic acids is 1. The zero-order valence-corrected chi connectivity index (χ0v) is 16.0. The third-order valence-electron chi connectivity index (χ3n) is 3.82. The van der Waals surface area contributed by atoms with Crippen LogP contribution in [0.1, 0.15) is 11.1 Å². The van der Waals surface area contributed by atoms with Crippen LogP contribution in [0.15, 0.2) is 46.9 Å². The average molecular weight is 415 g/mol. The van der Waals surface area contributed by atoms with Crippen LogP contribution in [-0.2, 0) is 4.79 Å². The Balaban J connectivity index is 2.31. The first-order valence-corrected chi connectivity index (χ1v) is 8.64. The maximum absolute atomic E-state index is 13.0. The molecule has 0 aliphatic heterocycles. The Labute approximate surface area is 169 Å². The predicted molar refractivity (Wildman–Crippen MR) is 106 cm³/mol. The number of halogens is 2. The van der Waals surface area contributed by atoms with Gasteiger partial charge in [0.15, 0.2) is 0 Å². The number of carbonyl (C=O) groups is 1. The molecule has 2 heterocycles. The van der Waals surface area contributed by atoms with E-state index in [4.69, 9.17) is 38.9 Å². The van der Waals surface area contributed by atoms with Crippen molar-refractivity contribution in [1.82, 2.24) is 9.38 Å². The summed E-state index contributed by atoms with van der Waals surface area (Å²) in [4.78, 5) is 28.8. The minimum Gasteiger partial charge on any atom is -0.437 e. The van der Waals surface area contributed by atoms with Crippen LogP contribution in [0.2, 0.25) is 10.0 Å². The van der Waals surface area contributed by atoms with Crippen LogP contribution in [-0.4, -0.2) is 15.3 Å². The highest BCUT2D eigenvalue weighted by Crippen LogP contribution is 2.32. The van der Waals surface area contributed by atoms with E-state index in [9.17, 15) is 9.59 Å². The maximum Gasteiger partial charge on any atom is 0.269 e. The number of aromatic nitrogens is 2. The molecule has 9 heteroatoms. The van der Waals surface area contributed by atoms with Crippen molar-refractivity contribution in [3.8, 4) is 17.7 Å². The number of fused-ring (bicyclic) bond motifs is 1. The molecule has 0 aliphatic carbocycles. The number of aryl methyl sites for hydroxylation is 1. The average Bonchev–Trinajstić information content (AvgIpc) is 2.64.